The minimum absolute atomic E-state index is 0. The third kappa shape index (κ3) is 5.53. The van der Waals surface area contributed by atoms with Crippen LogP contribution in [0.2, 0.25) is 0 Å². The van der Waals surface area contributed by atoms with Gasteiger partial charge in [0, 0.05) is 41.9 Å². The van der Waals surface area contributed by atoms with E-state index in [2.05, 4.69) is 20.3 Å². The SMILES string of the molecule is O=c1[nH]c2nc(SCc3ccccc3)nc(NC(CO)CCO)c2s1.[Na]. The Balaban J connectivity index is 0.00000243. The molecule has 10 heteroatoms. The summed E-state index contributed by atoms with van der Waals surface area (Å²) in [5.41, 5.74) is 1.63. The summed E-state index contributed by atoms with van der Waals surface area (Å²) in [6, 6.07) is 9.63. The summed E-state index contributed by atoms with van der Waals surface area (Å²) >= 11 is 2.49. The predicted molar refractivity (Wildman–Crippen MR) is 106 cm³/mol. The van der Waals surface area contributed by atoms with Crippen molar-refractivity contribution < 1.29 is 10.2 Å². The molecule has 1 aromatic carbocycles. The molecule has 1 unspecified atom stereocenters. The van der Waals surface area contributed by atoms with Crippen molar-refractivity contribution in [1.29, 1.82) is 0 Å². The molecule has 0 saturated carbocycles. The van der Waals surface area contributed by atoms with Crippen LogP contribution in [0.1, 0.15) is 12.0 Å². The number of benzene rings is 1. The van der Waals surface area contributed by atoms with Crippen LogP contribution in [-0.4, -0.2) is 74.0 Å². The molecule has 0 aliphatic carbocycles. The molecule has 0 spiro atoms. The zero-order valence-electron chi connectivity index (χ0n) is 14.3. The van der Waals surface area contributed by atoms with E-state index in [0.29, 0.717) is 33.5 Å². The molecule has 0 aliphatic heterocycles. The summed E-state index contributed by atoms with van der Waals surface area (Å²) in [6.07, 6.45) is 0.383. The Morgan fingerprint density at radius 1 is 1.23 bits per heavy atom. The van der Waals surface area contributed by atoms with E-state index >= 15 is 0 Å². The fourth-order valence-electron chi connectivity index (χ4n) is 2.27. The number of H-pyrrole nitrogens is 1. The van der Waals surface area contributed by atoms with Crippen LogP contribution in [0.4, 0.5) is 5.82 Å². The second-order valence-corrected chi connectivity index (χ2v) is 7.28. The van der Waals surface area contributed by atoms with Crippen molar-refractivity contribution in [3.8, 4) is 0 Å². The molecule has 26 heavy (non-hydrogen) atoms. The van der Waals surface area contributed by atoms with E-state index in [4.69, 9.17) is 5.11 Å². The van der Waals surface area contributed by atoms with Crippen LogP contribution in [0.3, 0.4) is 0 Å². The smallest absolute Gasteiger partial charge is 0.306 e. The van der Waals surface area contributed by atoms with Crippen molar-refractivity contribution in [2.45, 2.75) is 23.4 Å². The van der Waals surface area contributed by atoms with E-state index in [9.17, 15) is 9.90 Å². The van der Waals surface area contributed by atoms with Crippen molar-refractivity contribution in [2.75, 3.05) is 18.5 Å². The molecular weight excluding hydrogens is 383 g/mol. The topological polar surface area (TPSA) is 111 Å². The first kappa shape index (κ1) is 21.4. The zero-order valence-corrected chi connectivity index (χ0v) is 17.9. The van der Waals surface area contributed by atoms with Gasteiger partial charge in [-0.25, -0.2) is 9.97 Å². The number of nitrogens with zero attached hydrogens (tertiary/aromatic N) is 2. The molecule has 3 aromatic rings. The first-order valence-corrected chi connectivity index (χ1v) is 9.55. The Kier molecular flexibility index (Phi) is 8.55. The number of anilines is 1. The van der Waals surface area contributed by atoms with E-state index in [0.717, 1.165) is 16.9 Å². The third-order valence-electron chi connectivity index (χ3n) is 3.51. The van der Waals surface area contributed by atoms with Gasteiger partial charge in [0.05, 0.1) is 12.6 Å². The molecule has 0 fully saturated rings. The van der Waals surface area contributed by atoms with Gasteiger partial charge in [-0.05, 0) is 12.0 Å². The van der Waals surface area contributed by atoms with Gasteiger partial charge >= 0.3 is 4.87 Å². The fraction of sp³-hybridized carbons (Fsp3) is 0.312. The molecule has 0 saturated heterocycles. The molecular formula is C16H18N4NaO3S2. The zero-order chi connectivity index (χ0) is 17.6. The fourth-order valence-corrected chi connectivity index (χ4v) is 3.80. The van der Waals surface area contributed by atoms with Crippen LogP contribution in [0.15, 0.2) is 40.3 Å². The van der Waals surface area contributed by atoms with Crippen LogP contribution in [0, 0.1) is 0 Å². The van der Waals surface area contributed by atoms with Gasteiger partial charge < -0.3 is 15.5 Å². The average molecular weight is 401 g/mol. The van der Waals surface area contributed by atoms with Gasteiger partial charge in [-0.1, -0.05) is 53.4 Å². The van der Waals surface area contributed by atoms with Crippen LogP contribution in [0.5, 0.6) is 0 Å². The number of hydrogen-bond acceptors (Lipinski definition) is 8. The van der Waals surface area contributed by atoms with Crippen LogP contribution in [-0.2, 0) is 5.75 Å². The number of fused-ring (bicyclic) bond motifs is 1. The molecule has 1 atom stereocenters. The number of thiazole rings is 1. The van der Waals surface area contributed by atoms with Crippen molar-refractivity contribution in [2.24, 2.45) is 0 Å². The second kappa shape index (κ2) is 10.4. The molecule has 4 N–H and O–H groups in total. The molecule has 2 aromatic heterocycles. The van der Waals surface area contributed by atoms with Gasteiger partial charge in [-0.2, -0.15) is 0 Å². The number of hydrogen-bond donors (Lipinski definition) is 4. The Morgan fingerprint density at radius 2 is 2.00 bits per heavy atom. The number of rotatable bonds is 8. The number of aliphatic hydroxyl groups is 2. The van der Waals surface area contributed by atoms with Crippen LogP contribution >= 0.6 is 23.1 Å². The van der Waals surface area contributed by atoms with E-state index in [1.54, 1.807) is 0 Å². The summed E-state index contributed by atoms with van der Waals surface area (Å²) in [5.74, 6) is 1.21. The van der Waals surface area contributed by atoms with Gasteiger partial charge in [0.15, 0.2) is 16.6 Å². The first-order chi connectivity index (χ1) is 12.2. The summed E-state index contributed by atoms with van der Waals surface area (Å²) < 4.78 is 0.616. The monoisotopic (exact) mass is 401 g/mol. The van der Waals surface area contributed by atoms with E-state index < -0.39 is 0 Å². The van der Waals surface area contributed by atoms with E-state index in [1.165, 1.54) is 11.8 Å². The maximum absolute atomic E-state index is 11.7. The minimum atomic E-state index is -0.340. The summed E-state index contributed by atoms with van der Waals surface area (Å²) in [5, 5.41) is 22.2. The molecule has 0 bridgehead atoms. The Bertz CT molecular complexity index is 888. The number of aliphatic hydroxyl groups excluding tert-OH is 2. The van der Waals surface area contributed by atoms with Gasteiger partial charge in [0.25, 0.3) is 0 Å². The average Bonchev–Trinajstić information content (AvgIpc) is 3.01. The van der Waals surface area contributed by atoms with Gasteiger partial charge in [-0.15, -0.1) is 0 Å². The molecule has 2 heterocycles. The normalized spacial score (nSPS) is 11.9. The number of nitrogens with one attached hydrogen (secondary N) is 2. The largest absolute Gasteiger partial charge is 0.396 e. The van der Waals surface area contributed by atoms with Crippen molar-refractivity contribution in [3.63, 3.8) is 0 Å². The summed E-state index contributed by atoms with van der Waals surface area (Å²) in [6.45, 7) is -0.191. The Morgan fingerprint density at radius 3 is 2.69 bits per heavy atom. The molecule has 3 rings (SSSR count). The van der Waals surface area contributed by atoms with E-state index in [1.807, 2.05) is 30.3 Å². The first-order valence-electron chi connectivity index (χ1n) is 7.75. The Labute approximate surface area is 180 Å². The summed E-state index contributed by atoms with van der Waals surface area (Å²) in [4.78, 5) is 23.1. The van der Waals surface area contributed by atoms with Crippen LogP contribution < -0.4 is 10.2 Å². The van der Waals surface area contributed by atoms with Crippen molar-refractivity contribution in [3.05, 3.63) is 45.6 Å². The number of thioether (sulfide) groups is 1. The van der Waals surface area contributed by atoms with Gasteiger partial charge in [-0.3, -0.25) is 9.78 Å². The molecule has 0 amide bonds. The summed E-state index contributed by atoms with van der Waals surface area (Å²) in [7, 11) is 0. The van der Waals surface area contributed by atoms with Crippen LogP contribution in [0.25, 0.3) is 10.3 Å². The maximum atomic E-state index is 11.7. The number of aromatic nitrogens is 3. The van der Waals surface area contributed by atoms with E-state index in [-0.39, 0.29) is 53.7 Å². The Hall–Kier alpha value is -0.940. The molecule has 7 nitrogen and oxygen atoms in total. The van der Waals surface area contributed by atoms with Gasteiger partial charge in [0.1, 0.15) is 4.70 Å². The maximum Gasteiger partial charge on any atom is 0.306 e. The minimum Gasteiger partial charge on any atom is -0.396 e. The van der Waals surface area contributed by atoms with Gasteiger partial charge in [0.2, 0.25) is 0 Å². The quantitative estimate of drug-likeness (QED) is 0.257. The van der Waals surface area contributed by atoms with Crippen molar-refractivity contribution >= 4 is 68.8 Å². The van der Waals surface area contributed by atoms with Crippen molar-refractivity contribution in [1.82, 2.24) is 15.0 Å². The molecule has 0 aliphatic rings. The predicted octanol–water partition coefficient (Wildman–Crippen LogP) is 1.45. The number of aromatic amines is 1. The molecule has 133 valence electrons. The third-order valence-corrected chi connectivity index (χ3v) is 5.31. The standard InChI is InChI=1S/C16H18N4O3S2.Na/c21-7-6-11(8-22)17-13-12-14(20-16(23)25-12)19-15(18-13)24-9-10-4-2-1-3-5-10;/h1-5,11,21-22H,6-9H2,(H2,17,18,19,20,23);. The second-order valence-electron chi connectivity index (χ2n) is 5.36. The molecule has 1 radical (unpaired) electrons.